The number of carbonyl (C=O) groups excluding carboxylic acids is 1. The molecule has 1 aliphatic rings. The number of rotatable bonds is 2. The predicted octanol–water partition coefficient (Wildman–Crippen LogP) is 3.12. The van der Waals surface area contributed by atoms with Gasteiger partial charge in [-0.05, 0) is 37.8 Å². The number of hydrogen-bond acceptors (Lipinski definition) is 4. The van der Waals surface area contributed by atoms with Crippen molar-refractivity contribution in [3.05, 3.63) is 40.2 Å². The van der Waals surface area contributed by atoms with E-state index in [1.54, 1.807) is 0 Å². The summed E-state index contributed by atoms with van der Waals surface area (Å²) in [5.74, 6) is -1.50. The van der Waals surface area contributed by atoms with E-state index >= 15 is 0 Å². The maximum atomic E-state index is 13.6. The first-order valence-electron chi connectivity index (χ1n) is 6.42. The average molecular weight is 292 g/mol. The second kappa shape index (κ2) is 5.20. The van der Waals surface area contributed by atoms with Crippen molar-refractivity contribution >= 4 is 22.4 Å². The average Bonchev–Trinajstić information content (AvgIpc) is 2.80. The van der Waals surface area contributed by atoms with Crippen molar-refractivity contribution in [2.45, 2.75) is 25.7 Å². The Balaban J connectivity index is 1.80. The highest BCUT2D eigenvalue weighted by atomic mass is 32.1. The van der Waals surface area contributed by atoms with E-state index in [4.69, 9.17) is 5.11 Å². The summed E-state index contributed by atoms with van der Waals surface area (Å²) in [5.41, 5.74) is 0.943. The molecular formula is C14H13FN2O2S. The van der Waals surface area contributed by atoms with Gasteiger partial charge in [-0.2, -0.15) is 0 Å². The number of phenolic OH excluding ortho intramolecular Hbond substituents is 1. The smallest absolute Gasteiger partial charge is 0.260 e. The summed E-state index contributed by atoms with van der Waals surface area (Å²) in [6.45, 7) is 0. The lowest BCUT2D eigenvalue weighted by molar-refractivity contribution is 0.102. The van der Waals surface area contributed by atoms with Crippen LogP contribution in [-0.4, -0.2) is 16.0 Å². The molecule has 1 amide bonds. The van der Waals surface area contributed by atoms with Gasteiger partial charge in [0.15, 0.2) is 5.13 Å². The number of aromatic nitrogens is 1. The molecule has 0 fully saturated rings. The molecule has 0 bridgehead atoms. The van der Waals surface area contributed by atoms with Crippen LogP contribution in [0, 0.1) is 5.82 Å². The summed E-state index contributed by atoms with van der Waals surface area (Å²) in [6.07, 6.45) is 4.21. The number of nitrogens with zero attached hydrogens (tertiary/aromatic N) is 1. The van der Waals surface area contributed by atoms with E-state index in [2.05, 4.69) is 10.3 Å². The van der Waals surface area contributed by atoms with Gasteiger partial charge in [-0.15, -0.1) is 11.3 Å². The predicted molar refractivity (Wildman–Crippen MR) is 74.8 cm³/mol. The zero-order valence-electron chi connectivity index (χ0n) is 10.6. The minimum Gasteiger partial charge on any atom is -0.508 e. The molecule has 6 heteroatoms. The molecule has 0 unspecified atom stereocenters. The van der Waals surface area contributed by atoms with Crippen molar-refractivity contribution in [2.75, 3.05) is 5.32 Å². The normalized spacial score (nSPS) is 13.8. The summed E-state index contributed by atoms with van der Waals surface area (Å²) in [5, 5.41) is 12.3. The molecule has 2 N–H and O–H groups in total. The molecule has 1 aromatic heterocycles. The van der Waals surface area contributed by atoms with Crippen molar-refractivity contribution in [3.8, 4) is 5.75 Å². The molecule has 1 aliphatic carbocycles. The topological polar surface area (TPSA) is 62.2 Å². The number of benzene rings is 1. The molecule has 0 spiro atoms. The monoisotopic (exact) mass is 292 g/mol. The van der Waals surface area contributed by atoms with Gasteiger partial charge in [0.25, 0.3) is 5.91 Å². The first-order valence-corrected chi connectivity index (χ1v) is 7.23. The van der Waals surface area contributed by atoms with E-state index in [1.807, 2.05) is 0 Å². The molecule has 3 rings (SSSR count). The zero-order chi connectivity index (χ0) is 14.1. The Kier molecular flexibility index (Phi) is 3.40. The lowest BCUT2D eigenvalue weighted by Crippen LogP contribution is -2.13. The third-order valence-electron chi connectivity index (χ3n) is 3.26. The number of anilines is 1. The van der Waals surface area contributed by atoms with Crippen LogP contribution in [0.5, 0.6) is 5.75 Å². The number of halogens is 1. The van der Waals surface area contributed by atoms with Crippen molar-refractivity contribution in [1.82, 2.24) is 4.98 Å². The minimum absolute atomic E-state index is 0.101. The summed E-state index contributed by atoms with van der Waals surface area (Å²) >= 11 is 1.45. The molecule has 20 heavy (non-hydrogen) atoms. The Morgan fingerprint density at radius 2 is 2.15 bits per heavy atom. The Hall–Kier alpha value is -1.95. The second-order valence-corrected chi connectivity index (χ2v) is 5.80. The molecule has 0 atom stereocenters. The number of amides is 1. The number of thiazole rings is 1. The Labute approximate surface area is 119 Å². The maximum absolute atomic E-state index is 13.6. The molecule has 0 saturated carbocycles. The van der Waals surface area contributed by atoms with E-state index in [1.165, 1.54) is 28.3 Å². The molecule has 1 heterocycles. The number of aromatic hydroxyl groups is 1. The van der Waals surface area contributed by atoms with E-state index in [0.717, 1.165) is 37.4 Å². The highest BCUT2D eigenvalue weighted by Gasteiger charge is 2.18. The third kappa shape index (κ3) is 2.51. The molecule has 0 aliphatic heterocycles. The Morgan fingerprint density at radius 3 is 2.90 bits per heavy atom. The van der Waals surface area contributed by atoms with Gasteiger partial charge in [0.05, 0.1) is 11.3 Å². The van der Waals surface area contributed by atoms with E-state index in [-0.39, 0.29) is 11.3 Å². The number of carbonyl (C=O) groups is 1. The minimum atomic E-state index is -0.746. The van der Waals surface area contributed by atoms with Gasteiger partial charge in [-0.3, -0.25) is 10.1 Å². The SMILES string of the molecule is O=C(Nc1nc2c(s1)CCCC2)c1ccc(O)cc1F. The van der Waals surface area contributed by atoms with Crippen molar-refractivity contribution in [2.24, 2.45) is 0 Å². The largest absolute Gasteiger partial charge is 0.508 e. The summed E-state index contributed by atoms with van der Waals surface area (Å²) in [7, 11) is 0. The lowest BCUT2D eigenvalue weighted by Gasteiger charge is -2.06. The van der Waals surface area contributed by atoms with E-state index < -0.39 is 11.7 Å². The standard InChI is InChI=1S/C14H13FN2O2S/c15-10-7-8(18)5-6-9(10)13(19)17-14-16-11-3-1-2-4-12(11)20-14/h5-7,18H,1-4H2,(H,16,17,19). The van der Waals surface area contributed by atoms with Gasteiger partial charge >= 0.3 is 0 Å². The van der Waals surface area contributed by atoms with Crippen LogP contribution in [0.15, 0.2) is 18.2 Å². The number of fused-ring (bicyclic) bond motifs is 1. The zero-order valence-corrected chi connectivity index (χ0v) is 11.5. The molecule has 1 aromatic carbocycles. The fourth-order valence-corrected chi connectivity index (χ4v) is 3.30. The van der Waals surface area contributed by atoms with Gasteiger partial charge in [0.2, 0.25) is 0 Å². The highest BCUT2D eigenvalue weighted by Crippen LogP contribution is 2.30. The number of hydrogen-bond donors (Lipinski definition) is 2. The third-order valence-corrected chi connectivity index (χ3v) is 4.34. The van der Waals surface area contributed by atoms with Crippen LogP contribution >= 0.6 is 11.3 Å². The van der Waals surface area contributed by atoms with Gasteiger partial charge < -0.3 is 5.11 Å². The van der Waals surface area contributed by atoms with Crippen LogP contribution in [-0.2, 0) is 12.8 Å². The number of aryl methyl sites for hydroxylation is 2. The maximum Gasteiger partial charge on any atom is 0.260 e. The van der Waals surface area contributed by atoms with Crippen LogP contribution in [0.25, 0.3) is 0 Å². The van der Waals surface area contributed by atoms with Crippen LogP contribution in [0.1, 0.15) is 33.8 Å². The quantitative estimate of drug-likeness (QED) is 0.894. The fraction of sp³-hybridized carbons (Fsp3) is 0.286. The molecular weight excluding hydrogens is 279 g/mol. The van der Waals surface area contributed by atoms with Gasteiger partial charge in [-0.1, -0.05) is 0 Å². The van der Waals surface area contributed by atoms with Gasteiger partial charge in [0.1, 0.15) is 11.6 Å². The van der Waals surface area contributed by atoms with E-state index in [9.17, 15) is 9.18 Å². The second-order valence-electron chi connectivity index (χ2n) is 4.71. The van der Waals surface area contributed by atoms with Crippen molar-refractivity contribution < 1.29 is 14.3 Å². The van der Waals surface area contributed by atoms with E-state index in [0.29, 0.717) is 5.13 Å². The molecule has 0 radical (unpaired) electrons. The molecule has 0 saturated heterocycles. The highest BCUT2D eigenvalue weighted by molar-refractivity contribution is 7.15. The van der Waals surface area contributed by atoms with Crippen LogP contribution in [0.4, 0.5) is 9.52 Å². The Morgan fingerprint density at radius 1 is 1.35 bits per heavy atom. The summed E-state index contributed by atoms with van der Waals surface area (Å²) < 4.78 is 13.6. The van der Waals surface area contributed by atoms with Gasteiger partial charge in [-0.25, -0.2) is 9.37 Å². The molecule has 4 nitrogen and oxygen atoms in total. The van der Waals surface area contributed by atoms with Crippen molar-refractivity contribution in [3.63, 3.8) is 0 Å². The summed E-state index contributed by atoms with van der Waals surface area (Å²) in [6, 6.07) is 3.46. The fourth-order valence-electron chi connectivity index (χ4n) is 2.26. The first-order chi connectivity index (χ1) is 9.63. The number of phenols is 1. The first kappa shape index (κ1) is 13.1. The lowest BCUT2D eigenvalue weighted by atomic mass is 10.0. The Bertz CT molecular complexity index is 646. The van der Waals surface area contributed by atoms with Crippen LogP contribution < -0.4 is 5.32 Å². The van der Waals surface area contributed by atoms with Crippen molar-refractivity contribution in [1.29, 1.82) is 0 Å². The number of nitrogens with one attached hydrogen (secondary N) is 1. The van der Waals surface area contributed by atoms with Gasteiger partial charge in [0, 0.05) is 10.9 Å². The van der Waals surface area contributed by atoms with Crippen LogP contribution in [0.2, 0.25) is 0 Å². The molecule has 2 aromatic rings. The van der Waals surface area contributed by atoms with Crippen LogP contribution in [0.3, 0.4) is 0 Å². The summed E-state index contributed by atoms with van der Waals surface area (Å²) in [4.78, 5) is 17.6. The molecule has 104 valence electrons.